The highest BCUT2D eigenvalue weighted by molar-refractivity contribution is 5.96. The van der Waals surface area contributed by atoms with E-state index in [0.717, 1.165) is 22.6 Å². The third kappa shape index (κ3) is 5.50. The number of hydrogen-bond acceptors (Lipinski definition) is 5. The van der Waals surface area contributed by atoms with Gasteiger partial charge in [-0.05, 0) is 42.0 Å². The predicted octanol–water partition coefficient (Wildman–Crippen LogP) is 3.50. The molecule has 3 N–H and O–H groups in total. The van der Waals surface area contributed by atoms with E-state index in [1.807, 2.05) is 84.9 Å². The van der Waals surface area contributed by atoms with E-state index in [-0.39, 0.29) is 0 Å². The van der Waals surface area contributed by atoms with Crippen molar-refractivity contribution >= 4 is 35.1 Å². The van der Waals surface area contributed by atoms with E-state index < -0.39 is 18.2 Å². The second-order valence-corrected chi connectivity index (χ2v) is 6.10. The molecule has 3 aromatic rings. The van der Waals surface area contributed by atoms with Gasteiger partial charge in [0.2, 0.25) is 5.91 Å². The highest BCUT2D eigenvalue weighted by Gasteiger charge is 2.11. The minimum Gasteiger partial charge on any atom is -0.311 e. The summed E-state index contributed by atoms with van der Waals surface area (Å²) >= 11 is 0. The molecular formula is C22H20N4O3. The third-order valence-electron chi connectivity index (χ3n) is 4.03. The second kappa shape index (κ2) is 9.82. The first-order valence-corrected chi connectivity index (χ1v) is 8.92. The van der Waals surface area contributed by atoms with Gasteiger partial charge < -0.3 is 4.90 Å². The van der Waals surface area contributed by atoms with Crippen LogP contribution in [0.15, 0.2) is 90.0 Å². The molecular weight excluding hydrogens is 368 g/mol. The van der Waals surface area contributed by atoms with E-state index in [0.29, 0.717) is 0 Å². The SMILES string of the molecule is O=C(CC(=O)N/N=C/c1ccc(N(c2ccccc2)c2ccccc2)cc1)NO. The summed E-state index contributed by atoms with van der Waals surface area (Å²) in [7, 11) is 0. The number of carbonyl (C=O) groups excluding carboxylic acids is 2. The molecule has 0 spiro atoms. The minimum atomic E-state index is -0.802. The summed E-state index contributed by atoms with van der Waals surface area (Å²) in [6.07, 6.45) is 0.976. The predicted molar refractivity (Wildman–Crippen MR) is 111 cm³/mol. The third-order valence-corrected chi connectivity index (χ3v) is 4.03. The van der Waals surface area contributed by atoms with Gasteiger partial charge in [-0.3, -0.25) is 14.8 Å². The maximum Gasteiger partial charge on any atom is 0.252 e. The Morgan fingerprint density at radius 1 is 0.793 bits per heavy atom. The van der Waals surface area contributed by atoms with Gasteiger partial charge in [-0.15, -0.1) is 0 Å². The van der Waals surface area contributed by atoms with Crippen LogP contribution in [0.1, 0.15) is 12.0 Å². The van der Waals surface area contributed by atoms with Gasteiger partial charge in [0.1, 0.15) is 6.42 Å². The molecule has 7 heteroatoms. The molecule has 0 aromatic heterocycles. The summed E-state index contributed by atoms with van der Waals surface area (Å²) < 4.78 is 0. The molecule has 0 aliphatic carbocycles. The van der Waals surface area contributed by atoms with Crippen LogP contribution in [-0.2, 0) is 9.59 Å². The number of hydrogen-bond donors (Lipinski definition) is 3. The Morgan fingerprint density at radius 3 is 1.83 bits per heavy atom. The van der Waals surface area contributed by atoms with Gasteiger partial charge >= 0.3 is 0 Å². The van der Waals surface area contributed by atoms with Crippen molar-refractivity contribution in [2.75, 3.05) is 4.90 Å². The molecule has 0 atom stereocenters. The molecule has 7 nitrogen and oxygen atoms in total. The van der Waals surface area contributed by atoms with E-state index in [2.05, 4.69) is 15.4 Å². The molecule has 0 saturated heterocycles. The molecule has 29 heavy (non-hydrogen) atoms. The Morgan fingerprint density at radius 2 is 1.31 bits per heavy atom. The van der Waals surface area contributed by atoms with Gasteiger partial charge in [-0.25, -0.2) is 10.9 Å². The average Bonchev–Trinajstić information content (AvgIpc) is 2.76. The normalized spacial score (nSPS) is 10.5. The number of carbonyl (C=O) groups is 2. The lowest BCUT2D eigenvalue weighted by atomic mass is 10.1. The largest absolute Gasteiger partial charge is 0.311 e. The molecule has 0 fully saturated rings. The number of benzene rings is 3. The van der Waals surface area contributed by atoms with Crippen LogP contribution in [0.3, 0.4) is 0 Å². The van der Waals surface area contributed by atoms with E-state index in [9.17, 15) is 9.59 Å². The van der Waals surface area contributed by atoms with Gasteiger partial charge in [0, 0.05) is 17.1 Å². The molecule has 2 amide bonds. The van der Waals surface area contributed by atoms with Crippen molar-refractivity contribution in [3.63, 3.8) is 0 Å². The van der Waals surface area contributed by atoms with Crippen LogP contribution in [-0.4, -0.2) is 23.2 Å². The molecule has 3 rings (SSSR count). The first-order chi connectivity index (χ1) is 14.2. The van der Waals surface area contributed by atoms with E-state index in [1.165, 1.54) is 11.7 Å². The zero-order valence-electron chi connectivity index (χ0n) is 15.5. The first kappa shape index (κ1) is 19.8. The Hall–Kier alpha value is -3.97. The molecule has 0 aliphatic heterocycles. The molecule has 0 unspecified atom stereocenters. The van der Waals surface area contributed by atoms with Crippen LogP contribution in [0.25, 0.3) is 0 Å². The van der Waals surface area contributed by atoms with Crippen molar-refractivity contribution in [1.82, 2.24) is 10.9 Å². The number of amides is 2. The van der Waals surface area contributed by atoms with E-state index in [4.69, 9.17) is 5.21 Å². The number of nitrogens with one attached hydrogen (secondary N) is 2. The van der Waals surface area contributed by atoms with Crippen molar-refractivity contribution in [2.24, 2.45) is 5.10 Å². The highest BCUT2D eigenvalue weighted by atomic mass is 16.5. The number of hydrazone groups is 1. The molecule has 0 saturated carbocycles. The van der Waals surface area contributed by atoms with Gasteiger partial charge in [-0.1, -0.05) is 48.5 Å². The van der Waals surface area contributed by atoms with Crippen molar-refractivity contribution in [3.8, 4) is 0 Å². The van der Waals surface area contributed by atoms with Crippen LogP contribution >= 0.6 is 0 Å². The highest BCUT2D eigenvalue weighted by Crippen LogP contribution is 2.33. The van der Waals surface area contributed by atoms with Crippen LogP contribution < -0.4 is 15.8 Å². The quantitative estimate of drug-likeness (QED) is 0.250. The van der Waals surface area contributed by atoms with Crippen molar-refractivity contribution in [2.45, 2.75) is 6.42 Å². The summed E-state index contributed by atoms with van der Waals surface area (Å²) in [6.45, 7) is 0. The molecule has 0 bridgehead atoms. The Bertz CT molecular complexity index is 934. The summed E-state index contributed by atoms with van der Waals surface area (Å²) in [6, 6.07) is 27.8. The Balaban J connectivity index is 1.75. The monoisotopic (exact) mass is 388 g/mol. The van der Waals surface area contributed by atoms with Gasteiger partial charge in [-0.2, -0.15) is 5.10 Å². The van der Waals surface area contributed by atoms with E-state index in [1.54, 1.807) is 0 Å². The molecule has 3 aromatic carbocycles. The van der Waals surface area contributed by atoms with E-state index >= 15 is 0 Å². The number of nitrogens with zero attached hydrogens (tertiary/aromatic N) is 2. The maximum atomic E-state index is 11.5. The Kier molecular flexibility index (Phi) is 6.70. The van der Waals surface area contributed by atoms with Crippen LogP contribution in [0.5, 0.6) is 0 Å². The fourth-order valence-electron chi connectivity index (χ4n) is 2.71. The first-order valence-electron chi connectivity index (χ1n) is 8.92. The molecule has 0 aliphatic rings. The molecule has 0 radical (unpaired) electrons. The van der Waals surface area contributed by atoms with Crippen molar-refractivity contribution < 1.29 is 14.8 Å². The number of para-hydroxylation sites is 2. The summed E-state index contributed by atoms with van der Waals surface area (Å²) in [5.74, 6) is -1.42. The number of rotatable bonds is 7. The summed E-state index contributed by atoms with van der Waals surface area (Å²) in [5.41, 5.74) is 7.45. The maximum absolute atomic E-state index is 11.5. The average molecular weight is 388 g/mol. The fourth-order valence-corrected chi connectivity index (χ4v) is 2.71. The van der Waals surface area contributed by atoms with Crippen molar-refractivity contribution in [1.29, 1.82) is 0 Å². The standard InChI is InChI=1S/C22H20N4O3/c27-21(15-22(28)25-29)24-23-16-17-11-13-20(14-12-17)26(18-7-3-1-4-8-18)19-9-5-2-6-10-19/h1-14,16,29H,15H2,(H,24,27)(H,25,28)/b23-16+. The number of hydroxylamine groups is 1. The minimum absolute atomic E-state index is 0.504. The summed E-state index contributed by atoms with van der Waals surface area (Å²) in [4.78, 5) is 24.5. The lowest BCUT2D eigenvalue weighted by Crippen LogP contribution is -2.27. The fraction of sp³-hybridized carbons (Fsp3) is 0.0455. The smallest absolute Gasteiger partial charge is 0.252 e. The van der Waals surface area contributed by atoms with Crippen LogP contribution in [0.2, 0.25) is 0 Å². The lowest BCUT2D eigenvalue weighted by molar-refractivity contribution is -0.134. The van der Waals surface area contributed by atoms with Gasteiger partial charge in [0.15, 0.2) is 0 Å². The van der Waals surface area contributed by atoms with Crippen LogP contribution in [0, 0.1) is 0 Å². The molecule has 0 heterocycles. The Labute approximate surface area is 168 Å². The second-order valence-electron chi connectivity index (χ2n) is 6.10. The topological polar surface area (TPSA) is 94.0 Å². The zero-order valence-corrected chi connectivity index (χ0v) is 15.5. The summed E-state index contributed by atoms with van der Waals surface area (Å²) in [5, 5.41) is 12.2. The van der Waals surface area contributed by atoms with Crippen LogP contribution in [0.4, 0.5) is 17.1 Å². The zero-order chi connectivity index (χ0) is 20.5. The lowest BCUT2D eigenvalue weighted by Gasteiger charge is -2.25. The molecule has 146 valence electrons. The van der Waals surface area contributed by atoms with Crippen molar-refractivity contribution in [3.05, 3.63) is 90.5 Å². The van der Waals surface area contributed by atoms with Gasteiger partial charge in [0.25, 0.3) is 5.91 Å². The van der Waals surface area contributed by atoms with Gasteiger partial charge in [0.05, 0.1) is 6.21 Å². The number of anilines is 3.